The predicted octanol–water partition coefficient (Wildman–Crippen LogP) is 1.07. The molecule has 1 aliphatic carbocycles. The normalized spacial score (nSPS) is 47.7. The summed E-state index contributed by atoms with van der Waals surface area (Å²) in [4.78, 5) is 11.5. The van der Waals surface area contributed by atoms with E-state index in [1.54, 1.807) is 0 Å². The van der Waals surface area contributed by atoms with Crippen LogP contribution in [0.3, 0.4) is 0 Å². The Balaban J connectivity index is 2.16. The summed E-state index contributed by atoms with van der Waals surface area (Å²) < 4.78 is 0. The Morgan fingerprint density at radius 2 is 2.00 bits per heavy atom. The summed E-state index contributed by atoms with van der Waals surface area (Å²) in [6.07, 6.45) is 0.842. The summed E-state index contributed by atoms with van der Waals surface area (Å²) in [6, 6.07) is 0. The number of fused-ring (bicyclic) bond motifs is 1. The lowest BCUT2D eigenvalue weighted by molar-refractivity contribution is -0.120. The van der Waals surface area contributed by atoms with Crippen LogP contribution in [0.25, 0.3) is 0 Å². The van der Waals surface area contributed by atoms with E-state index in [-0.39, 0.29) is 0 Å². The average Bonchev–Trinajstić information content (AvgIpc) is 2.32. The van der Waals surface area contributed by atoms with Crippen LogP contribution in [0, 0.1) is 23.7 Å². The number of hydrogen-bond acceptors (Lipinski definition) is 2. The summed E-state index contributed by atoms with van der Waals surface area (Å²) in [6.45, 7) is 6.50. The molecule has 2 nitrogen and oxygen atoms in total. The van der Waals surface area contributed by atoms with E-state index >= 15 is 0 Å². The zero-order valence-electron chi connectivity index (χ0n) is 7.84. The minimum Gasteiger partial charge on any atom is -0.316 e. The number of rotatable bonds is 0. The molecule has 0 aromatic heterocycles. The summed E-state index contributed by atoms with van der Waals surface area (Å²) in [7, 11) is 0. The highest BCUT2D eigenvalue weighted by Gasteiger charge is 2.43. The highest BCUT2D eigenvalue weighted by molar-refractivity contribution is 5.83. The second-order valence-corrected chi connectivity index (χ2v) is 4.42. The quantitative estimate of drug-likeness (QED) is 0.584. The fraction of sp³-hybridized carbons (Fsp3) is 0.900. The molecule has 12 heavy (non-hydrogen) atoms. The van der Waals surface area contributed by atoms with Gasteiger partial charge in [0, 0.05) is 12.3 Å². The van der Waals surface area contributed by atoms with Crippen molar-refractivity contribution in [2.45, 2.75) is 20.3 Å². The maximum absolute atomic E-state index is 11.5. The van der Waals surface area contributed by atoms with Gasteiger partial charge in [-0.05, 0) is 30.8 Å². The molecule has 0 amide bonds. The zero-order chi connectivity index (χ0) is 8.72. The van der Waals surface area contributed by atoms with Crippen LogP contribution >= 0.6 is 0 Å². The van der Waals surface area contributed by atoms with Gasteiger partial charge in [-0.2, -0.15) is 0 Å². The topological polar surface area (TPSA) is 29.1 Å². The van der Waals surface area contributed by atoms with Crippen LogP contribution in [0.4, 0.5) is 0 Å². The van der Waals surface area contributed by atoms with Gasteiger partial charge in [0.15, 0.2) is 0 Å². The summed E-state index contributed by atoms with van der Waals surface area (Å²) in [5.74, 6) is 2.79. The van der Waals surface area contributed by atoms with E-state index in [1.165, 1.54) is 0 Å². The highest BCUT2D eigenvalue weighted by atomic mass is 16.1. The first-order valence-electron chi connectivity index (χ1n) is 4.93. The second kappa shape index (κ2) is 2.84. The second-order valence-electron chi connectivity index (χ2n) is 4.42. The average molecular weight is 167 g/mol. The number of piperidine rings is 1. The number of ketones is 1. The van der Waals surface area contributed by atoms with Gasteiger partial charge in [-0.15, -0.1) is 0 Å². The first kappa shape index (κ1) is 8.24. The van der Waals surface area contributed by atoms with Crippen molar-refractivity contribution in [1.82, 2.24) is 5.32 Å². The summed E-state index contributed by atoms with van der Waals surface area (Å²) in [5.41, 5.74) is 0. The molecule has 2 fully saturated rings. The van der Waals surface area contributed by atoms with Crippen LogP contribution in [0.15, 0.2) is 0 Å². The van der Waals surface area contributed by atoms with E-state index in [4.69, 9.17) is 0 Å². The van der Waals surface area contributed by atoms with Crippen molar-refractivity contribution >= 4 is 5.78 Å². The first-order chi connectivity index (χ1) is 5.70. The van der Waals surface area contributed by atoms with Gasteiger partial charge in [0.1, 0.15) is 5.78 Å². The smallest absolute Gasteiger partial charge is 0.136 e. The predicted molar refractivity (Wildman–Crippen MR) is 47.8 cm³/mol. The van der Waals surface area contributed by atoms with Crippen LogP contribution < -0.4 is 5.32 Å². The molecule has 1 saturated carbocycles. The molecule has 1 saturated heterocycles. The van der Waals surface area contributed by atoms with Crippen LogP contribution in [0.5, 0.6) is 0 Å². The molecule has 2 aliphatic rings. The molecule has 1 aliphatic heterocycles. The van der Waals surface area contributed by atoms with Crippen LogP contribution in [-0.4, -0.2) is 18.9 Å². The molecule has 2 rings (SSSR count). The summed E-state index contributed by atoms with van der Waals surface area (Å²) >= 11 is 0. The van der Waals surface area contributed by atoms with E-state index in [1.807, 2.05) is 0 Å². The van der Waals surface area contributed by atoms with Gasteiger partial charge in [-0.1, -0.05) is 13.8 Å². The molecule has 0 spiro atoms. The Morgan fingerprint density at radius 1 is 1.25 bits per heavy atom. The number of hydrogen-bond donors (Lipinski definition) is 1. The van der Waals surface area contributed by atoms with Gasteiger partial charge >= 0.3 is 0 Å². The van der Waals surface area contributed by atoms with Crippen LogP contribution in [-0.2, 0) is 4.79 Å². The molecule has 4 atom stereocenters. The molecule has 0 bridgehead atoms. The SMILES string of the molecule is C[C@H]1CNC[C@@H]2[C@H]1CC(=O)[C@@H]2C. The molecular formula is C10H17NO. The van der Waals surface area contributed by atoms with Gasteiger partial charge in [0.25, 0.3) is 0 Å². The maximum Gasteiger partial charge on any atom is 0.136 e. The monoisotopic (exact) mass is 167 g/mol. The Morgan fingerprint density at radius 3 is 2.67 bits per heavy atom. The molecule has 1 heterocycles. The number of Topliss-reactive ketones (excluding diaryl/α,β-unsaturated/α-hetero) is 1. The zero-order valence-corrected chi connectivity index (χ0v) is 7.84. The third-order valence-corrected chi connectivity index (χ3v) is 3.71. The van der Waals surface area contributed by atoms with Gasteiger partial charge < -0.3 is 5.32 Å². The lowest BCUT2D eigenvalue weighted by Gasteiger charge is -2.33. The van der Waals surface area contributed by atoms with E-state index in [2.05, 4.69) is 19.2 Å². The fourth-order valence-electron chi connectivity index (χ4n) is 2.76. The highest BCUT2D eigenvalue weighted by Crippen LogP contribution is 2.40. The first-order valence-corrected chi connectivity index (χ1v) is 4.93. The van der Waals surface area contributed by atoms with E-state index < -0.39 is 0 Å². The van der Waals surface area contributed by atoms with E-state index in [0.717, 1.165) is 19.5 Å². The lowest BCUT2D eigenvalue weighted by atomic mass is 9.79. The van der Waals surface area contributed by atoms with Crippen molar-refractivity contribution in [3.63, 3.8) is 0 Å². The Bertz CT molecular complexity index is 202. The van der Waals surface area contributed by atoms with E-state index in [0.29, 0.717) is 29.5 Å². The molecular weight excluding hydrogens is 150 g/mol. The Kier molecular flexibility index (Phi) is 1.95. The minimum atomic E-state index is 0.310. The Hall–Kier alpha value is -0.370. The molecule has 0 aromatic carbocycles. The van der Waals surface area contributed by atoms with Gasteiger partial charge in [0.2, 0.25) is 0 Å². The summed E-state index contributed by atoms with van der Waals surface area (Å²) in [5, 5.41) is 3.40. The standard InChI is InChI=1S/C10H17NO/c1-6-4-11-5-9-7(2)10(12)3-8(6)9/h6-9,11H,3-5H2,1-2H3/t6-,7+,8-,9-/m0/s1. The van der Waals surface area contributed by atoms with Crippen molar-refractivity contribution < 1.29 is 4.79 Å². The fourth-order valence-corrected chi connectivity index (χ4v) is 2.76. The van der Waals surface area contributed by atoms with Crippen LogP contribution in [0.2, 0.25) is 0 Å². The molecule has 2 heteroatoms. The third-order valence-electron chi connectivity index (χ3n) is 3.71. The minimum absolute atomic E-state index is 0.310. The molecule has 0 unspecified atom stereocenters. The molecule has 1 N–H and O–H groups in total. The molecule has 68 valence electrons. The van der Waals surface area contributed by atoms with Crippen LogP contribution in [0.1, 0.15) is 20.3 Å². The van der Waals surface area contributed by atoms with E-state index in [9.17, 15) is 4.79 Å². The van der Waals surface area contributed by atoms with Crippen molar-refractivity contribution in [2.75, 3.05) is 13.1 Å². The molecule has 0 radical (unpaired) electrons. The molecule has 0 aromatic rings. The van der Waals surface area contributed by atoms with Crippen molar-refractivity contribution in [3.8, 4) is 0 Å². The largest absolute Gasteiger partial charge is 0.316 e. The van der Waals surface area contributed by atoms with Crippen molar-refractivity contribution in [2.24, 2.45) is 23.7 Å². The van der Waals surface area contributed by atoms with Gasteiger partial charge in [0.05, 0.1) is 0 Å². The van der Waals surface area contributed by atoms with Crippen molar-refractivity contribution in [1.29, 1.82) is 0 Å². The third kappa shape index (κ3) is 1.09. The number of nitrogens with one attached hydrogen (secondary N) is 1. The van der Waals surface area contributed by atoms with Gasteiger partial charge in [-0.25, -0.2) is 0 Å². The van der Waals surface area contributed by atoms with Gasteiger partial charge in [-0.3, -0.25) is 4.79 Å². The lowest BCUT2D eigenvalue weighted by Crippen LogP contribution is -2.41. The number of carbonyl (C=O) groups is 1. The Labute approximate surface area is 73.7 Å². The number of carbonyl (C=O) groups excluding carboxylic acids is 1. The van der Waals surface area contributed by atoms with Crippen molar-refractivity contribution in [3.05, 3.63) is 0 Å². The maximum atomic E-state index is 11.5.